The van der Waals surface area contributed by atoms with E-state index in [0.29, 0.717) is 12.8 Å². The van der Waals surface area contributed by atoms with E-state index in [1.54, 1.807) is 0 Å². The first-order valence-corrected chi connectivity index (χ1v) is 10.4. The zero-order valence-electron chi connectivity index (χ0n) is 15.5. The van der Waals surface area contributed by atoms with Crippen LogP contribution in [0.3, 0.4) is 0 Å². The Balaban J connectivity index is 2.90. The van der Waals surface area contributed by atoms with Gasteiger partial charge in [-0.3, -0.25) is 4.79 Å². The number of rotatable bonds is 5. The van der Waals surface area contributed by atoms with E-state index in [9.17, 15) is 4.79 Å². The van der Waals surface area contributed by atoms with E-state index in [-0.39, 0.29) is 35.7 Å². The summed E-state index contributed by atoms with van der Waals surface area (Å²) in [5.41, 5.74) is 0.00843. The summed E-state index contributed by atoms with van der Waals surface area (Å²) in [4.78, 5) is 12.1. The third kappa shape index (κ3) is 5.59. The molecule has 1 rings (SSSR count). The Morgan fingerprint density at radius 1 is 1.22 bits per heavy atom. The predicted molar refractivity (Wildman–Crippen MR) is 91.0 cm³/mol. The van der Waals surface area contributed by atoms with Crippen LogP contribution in [0.5, 0.6) is 0 Å². The maximum atomic E-state index is 12.1. The number of hydrogen-bond acceptors (Lipinski definition) is 5. The van der Waals surface area contributed by atoms with Gasteiger partial charge in [-0.25, -0.2) is 0 Å². The zero-order valence-corrected chi connectivity index (χ0v) is 16.5. The normalized spacial score (nSPS) is 24.5. The topological polar surface area (TPSA) is 68.5 Å². The molecular formula is C17H31NO4Si. The van der Waals surface area contributed by atoms with Gasteiger partial charge in [-0.05, 0) is 38.3 Å². The molecule has 0 aromatic heterocycles. The Morgan fingerprint density at radius 2 is 1.74 bits per heavy atom. The first-order valence-electron chi connectivity index (χ1n) is 8.44. The van der Waals surface area contributed by atoms with Crippen LogP contribution in [0.1, 0.15) is 67.7 Å². The van der Waals surface area contributed by atoms with E-state index >= 15 is 0 Å². The van der Waals surface area contributed by atoms with Crippen molar-refractivity contribution < 1.29 is 18.4 Å². The van der Waals surface area contributed by atoms with Gasteiger partial charge in [-0.1, -0.05) is 27.7 Å². The zero-order chi connectivity index (χ0) is 17.8. The van der Waals surface area contributed by atoms with E-state index in [4.69, 9.17) is 18.9 Å². The summed E-state index contributed by atoms with van der Waals surface area (Å²) in [6.07, 6.45) is 0.742. The van der Waals surface area contributed by atoms with Crippen LogP contribution in [-0.2, 0) is 18.4 Å². The van der Waals surface area contributed by atoms with Crippen LogP contribution in [-0.4, -0.2) is 32.3 Å². The number of nitrogens with zero attached hydrogens (tertiary/aromatic N) is 1. The van der Waals surface area contributed by atoms with Crippen molar-refractivity contribution in [3.05, 3.63) is 0 Å². The maximum absolute atomic E-state index is 12.1. The van der Waals surface area contributed by atoms with E-state index in [1.165, 1.54) is 0 Å². The van der Waals surface area contributed by atoms with E-state index < -0.39 is 14.2 Å². The van der Waals surface area contributed by atoms with Crippen LogP contribution in [0, 0.1) is 11.3 Å². The molecule has 1 aliphatic heterocycles. The molecule has 0 spiro atoms. The number of carbonyl (C=O) groups is 1. The minimum Gasteiger partial charge on any atom is -0.460 e. The van der Waals surface area contributed by atoms with Crippen molar-refractivity contribution in [1.82, 2.24) is 0 Å². The molecule has 132 valence electrons. The highest BCUT2D eigenvalue weighted by Gasteiger charge is 2.51. The largest absolute Gasteiger partial charge is 0.460 e. The highest BCUT2D eigenvalue weighted by atomic mass is 28.4. The molecule has 6 heteroatoms. The van der Waals surface area contributed by atoms with Crippen LogP contribution >= 0.6 is 0 Å². The number of nitriles is 1. The van der Waals surface area contributed by atoms with Gasteiger partial charge >= 0.3 is 14.5 Å². The third-order valence-electron chi connectivity index (χ3n) is 3.97. The molecule has 2 atom stereocenters. The minimum absolute atomic E-state index is 0.155. The van der Waals surface area contributed by atoms with Gasteiger partial charge in [0.15, 0.2) is 0 Å². The van der Waals surface area contributed by atoms with Gasteiger partial charge in [0, 0.05) is 0 Å². The second kappa shape index (κ2) is 7.78. The lowest BCUT2D eigenvalue weighted by Crippen LogP contribution is -2.57. The molecule has 0 aromatic rings. The molecule has 1 aliphatic rings. The molecule has 1 heterocycles. The molecule has 0 N–H and O–H groups in total. The van der Waals surface area contributed by atoms with Crippen LogP contribution in [0.15, 0.2) is 0 Å². The Hall–Kier alpha value is -0.903. The molecular weight excluding hydrogens is 310 g/mol. The lowest BCUT2D eigenvalue weighted by Gasteiger charge is -2.47. The van der Waals surface area contributed by atoms with Gasteiger partial charge in [0.1, 0.15) is 5.60 Å². The summed E-state index contributed by atoms with van der Waals surface area (Å²) in [5, 5.41) is 9.04. The second-order valence-electron chi connectivity index (χ2n) is 7.90. The van der Waals surface area contributed by atoms with Gasteiger partial charge in [-0.15, -0.1) is 0 Å². The number of ether oxygens (including phenoxy) is 1. The predicted octanol–water partition coefficient (Wildman–Crippen LogP) is 4.07. The molecule has 0 bridgehead atoms. The molecule has 1 fully saturated rings. The lowest BCUT2D eigenvalue weighted by molar-refractivity contribution is -0.158. The summed E-state index contributed by atoms with van der Waals surface area (Å²) in [6, 6.07) is 2.19. The molecule has 0 aliphatic carbocycles. The van der Waals surface area contributed by atoms with Crippen LogP contribution in [0.25, 0.3) is 0 Å². The average molecular weight is 342 g/mol. The van der Waals surface area contributed by atoms with Crippen LogP contribution < -0.4 is 0 Å². The fourth-order valence-corrected chi connectivity index (χ4v) is 6.95. The van der Waals surface area contributed by atoms with E-state index in [1.807, 2.05) is 20.8 Å². The molecule has 0 aromatic carbocycles. The standard InChI is InChI=1S/C17H31NO4Si/c1-12(2)23(13(3)4)21-14(8-9-18)10-15(22-23)11-16(19)20-17(5,6)7/h12-15H,8,10-11H2,1-7H3. The first kappa shape index (κ1) is 20.1. The van der Waals surface area contributed by atoms with Crippen molar-refractivity contribution >= 4 is 14.5 Å². The number of carbonyl (C=O) groups excluding carboxylic acids is 1. The summed E-state index contributed by atoms with van der Waals surface area (Å²) in [5.74, 6) is -0.254. The monoisotopic (exact) mass is 341 g/mol. The van der Waals surface area contributed by atoms with Crippen molar-refractivity contribution in [3.63, 3.8) is 0 Å². The smallest absolute Gasteiger partial charge is 0.343 e. The van der Waals surface area contributed by atoms with Gasteiger partial charge in [0.25, 0.3) is 0 Å². The van der Waals surface area contributed by atoms with Crippen LogP contribution in [0.2, 0.25) is 11.1 Å². The Kier molecular flexibility index (Phi) is 6.81. The summed E-state index contributed by atoms with van der Waals surface area (Å²) in [7, 11) is -2.49. The molecule has 0 radical (unpaired) electrons. The highest BCUT2D eigenvalue weighted by Crippen LogP contribution is 2.41. The Labute approximate surface area is 141 Å². The number of esters is 1. The summed E-state index contributed by atoms with van der Waals surface area (Å²) in [6.45, 7) is 14.0. The molecule has 0 saturated carbocycles. The van der Waals surface area contributed by atoms with E-state index in [2.05, 4.69) is 33.8 Å². The van der Waals surface area contributed by atoms with Crippen molar-refractivity contribution in [2.75, 3.05) is 0 Å². The number of hydrogen-bond donors (Lipinski definition) is 0. The second-order valence-corrected chi connectivity index (χ2v) is 12.1. The SMILES string of the molecule is CC(C)[Si]1(C(C)C)OC(CC#N)CC(CC(=O)OC(C)(C)C)O1. The summed E-state index contributed by atoms with van der Waals surface area (Å²) >= 11 is 0. The fourth-order valence-electron chi connectivity index (χ4n) is 3.07. The quantitative estimate of drug-likeness (QED) is 0.557. The third-order valence-corrected chi connectivity index (χ3v) is 8.59. The Morgan fingerprint density at radius 3 is 2.17 bits per heavy atom. The highest BCUT2D eigenvalue weighted by molar-refractivity contribution is 6.70. The van der Waals surface area contributed by atoms with Crippen molar-refractivity contribution in [2.45, 2.75) is 96.6 Å². The van der Waals surface area contributed by atoms with Crippen molar-refractivity contribution in [2.24, 2.45) is 0 Å². The van der Waals surface area contributed by atoms with Gasteiger partial charge in [-0.2, -0.15) is 5.26 Å². The van der Waals surface area contributed by atoms with Crippen LogP contribution in [0.4, 0.5) is 0 Å². The minimum atomic E-state index is -2.49. The molecule has 2 unspecified atom stereocenters. The molecule has 0 amide bonds. The van der Waals surface area contributed by atoms with Gasteiger partial charge in [0.2, 0.25) is 0 Å². The molecule has 1 saturated heterocycles. The van der Waals surface area contributed by atoms with Crippen molar-refractivity contribution in [3.8, 4) is 6.07 Å². The molecule has 5 nitrogen and oxygen atoms in total. The lowest BCUT2D eigenvalue weighted by atomic mass is 10.1. The fraction of sp³-hybridized carbons (Fsp3) is 0.882. The van der Waals surface area contributed by atoms with Gasteiger partial charge < -0.3 is 13.6 Å². The average Bonchev–Trinajstić information content (AvgIpc) is 2.35. The van der Waals surface area contributed by atoms with Gasteiger partial charge in [0.05, 0.1) is 31.1 Å². The Bertz CT molecular complexity index is 442. The van der Waals surface area contributed by atoms with Crippen molar-refractivity contribution in [1.29, 1.82) is 5.26 Å². The van der Waals surface area contributed by atoms with E-state index in [0.717, 1.165) is 0 Å². The first-order chi connectivity index (χ1) is 10.5. The summed E-state index contributed by atoms with van der Waals surface area (Å²) < 4.78 is 18.1. The molecule has 23 heavy (non-hydrogen) atoms. The maximum Gasteiger partial charge on any atom is 0.343 e.